The van der Waals surface area contributed by atoms with E-state index in [1.165, 1.54) is 6.20 Å². The monoisotopic (exact) mass is 431 g/mol. The predicted molar refractivity (Wildman–Crippen MR) is 122 cm³/mol. The number of nitrogens with one attached hydrogen (secondary N) is 1. The Morgan fingerprint density at radius 3 is 2.78 bits per heavy atom. The minimum Gasteiger partial charge on any atom is -0.484 e. The average molecular weight is 431 g/mol. The Morgan fingerprint density at radius 1 is 1.12 bits per heavy atom. The highest BCUT2D eigenvalue weighted by molar-refractivity contribution is 5.77. The summed E-state index contributed by atoms with van der Waals surface area (Å²) in [5.74, 6) is 0.431. The fourth-order valence-electron chi connectivity index (χ4n) is 3.45. The van der Waals surface area contributed by atoms with Gasteiger partial charge in [0.1, 0.15) is 17.5 Å². The summed E-state index contributed by atoms with van der Waals surface area (Å²) >= 11 is 0. The summed E-state index contributed by atoms with van der Waals surface area (Å²) in [5.41, 5.74) is 3.62. The first-order valence-corrected chi connectivity index (χ1v) is 10.4. The zero-order chi connectivity index (χ0) is 22.5. The molecule has 0 fully saturated rings. The third-order valence-corrected chi connectivity index (χ3v) is 5.23. The van der Waals surface area contributed by atoms with E-state index in [2.05, 4.69) is 15.4 Å². The zero-order valence-electron chi connectivity index (χ0n) is 18.1. The van der Waals surface area contributed by atoms with Crippen LogP contribution in [0.1, 0.15) is 16.7 Å². The molecule has 0 unspecified atom stereocenters. The van der Waals surface area contributed by atoms with Crippen molar-refractivity contribution in [2.45, 2.75) is 26.9 Å². The van der Waals surface area contributed by atoms with E-state index in [0.29, 0.717) is 36.4 Å². The molecule has 0 saturated carbocycles. The molecule has 1 amide bonds. The minimum atomic E-state index is -0.225. The average Bonchev–Trinajstić information content (AvgIpc) is 3.19. The van der Waals surface area contributed by atoms with Gasteiger partial charge in [0.15, 0.2) is 12.3 Å². The van der Waals surface area contributed by atoms with Gasteiger partial charge in [-0.05, 0) is 42.7 Å². The first-order valence-electron chi connectivity index (χ1n) is 10.4. The smallest absolute Gasteiger partial charge is 0.264 e. The Morgan fingerprint density at radius 2 is 1.97 bits per heavy atom. The number of amides is 1. The molecule has 0 saturated heterocycles. The number of hydrogen-bond donors (Lipinski definition) is 1. The molecule has 0 bridgehead atoms. The number of rotatable bonds is 8. The van der Waals surface area contributed by atoms with Crippen molar-refractivity contribution in [2.24, 2.45) is 0 Å². The van der Waals surface area contributed by atoms with Crippen LogP contribution in [0, 0.1) is 13.8 Å². The molecule has 4 rings (SSSR count). The lowest BCUT2D eigenvalue weighted by molar-refractivity contribution is -0.123. The molecule has 2 aromatic heterocycles. The zero-order valence-corrected chi connectivity index (χ0v) is 18.1. The van der Waals surface area contributed by atoms with E-state index in [4.69, 9.17) is 4.74 Å². The molecule has 0 aliphatic rings. The Hall–Kier alpha value is -3.94. The maximum atomic E-state index is 12.9. The summed E-state index contributed by atoms with van der Waals surface area (Å²) in [7, 11) is 0. The molecule has 0 radical (unpaired) electrons. The molecule has 4 aromatic rings. The van der Waals surface area contributed by atoms with Crippen molar-refractivity contribution < 1.29 is 9.53 Å². The number of fused-ring (bicyclic) bond motifs is 1. The lowest BCUT2D eigenvalue weighted by atomic mass is 10.1. The van der Waals surface area contributed by atoms with Crippen LogP contribution in [0.5, 0.6) is 5.75 Å². The number of aryl methyl sites for hydroxylation is 2. The van der Waals surface area contributed by atoms with Crippen molar-refractivity contribution in [3.8, 4) is 5.75 Å². The Balaban J connectivity index is 1.36. The molecule has 8 heteroatoms. The summed E-state index contributed by atoms with van der Waals surface area (Å²) in [5, 5.41) is 7.53. The molecule has 164 valence electrons. The van der Waals surface area contributed by atoms with E-state index in [1.54, 1.807) is 15.6 Å². The van der Waals surface area contributed by atoms with Crippen LogP contribution >= 0.6 is 0 Å². The molecular weight excluding hydrogens is 406 g/mol. The molecule has 0 aliphatic carbocycles. The first kappa shape index (κ1) is 21.3. The van der Waals surface area contributed by atoms with Crippen molar-refractivity contribution in [1.29, 1.82) is 0 Å². The van der Waals surface area contributed by atoms with Gasteiger partial charge in [-0.1, -0.05) is 36.4 Å². The van der Waals surface area contributed by atoms with Crippen LogP contribution in [-0.2, 0) is 17.9 Å². The number of nitrogens with zero attached hydrogens (tertiary/aromatic N) is 4. The van der Waals surface area contributed by atoms with Gasteiger partial charge in [-0.2, -0.15) is 5.10 Å². The van der Waals surface area contributed by atoms with E-state index in [-0.39, 0.29) is 18.1 Å². The van der Waals surface area contributed by atoms with Crippen LogP contribution in [0.15, 0.2) is 65.8 Å². The Kier molecular flexibility index (Phi) is 6.30. The molecule has 8 nitrogen and oxygen atoms in total. The van der Waals surface area contributed by atoms with Crippen LogP contribution in [0.2, 0.25) is 0 Å². The van der Waals surface area contributed by atoms with Crippen LogP contribution in [0.25, 0.3) is 11.0 Å². The van der Waals surface area contributed by atoms with E-state index in [0.717, 1.165) is 16.7 Å². The molecular formula is C24H25N5O3. The molecule has 0 aliphatic heterocycles. The summed E-state index contributed by atoms with van der Waals surface area (Å²) in [6.07, 6.45) is 3.07. The summed E-state index contributed by atoms with van der Waals surface area (Å²) in [6, 6.07) is 15.5. The van der Waals surface area contributed by atoms with Gasteiger partial charge in [0.05, 0.1) is 19.3 Å². The highest BCUT2D eigenvalue weighted by Crippen LogP contribution is 2.12. The van der Waals surface area contributed by atoms with Crippen molar-refractivity contribution in [1.82, 2.24) is 24.6 Å². The third kappa shape index (κ3) is 4.85. The Labute approximate surface area is 185 Å². The SMILES string of the molecule is Cc1cccc(OCC(=O)NCCn2ncc3c(=O)n(Cc4ccccc4C)cnc32)c1. The number of carbonyl (C=O) groups is 1. The highest BCUT2D eigenvalue weighted by Gasteiger charge is 2.11. The van der Waals surface area contributed by atoms with Crippen LogP contribution in [0.4, 0.5) is 0 Å². The molecule has 32 heavy (non-hydrogen) atoms. The largest absolute Gasteiger partial charge is 0.484 e. The van der Waals surface area contributed by atoms with Crippen molar-refractivity contribution in [3.05, 3.63) is 88.1 Å². The van der Waals surface area contributed by atoms with Gasteiger partial charge >= 0.3 is 0 Å². The molecule has 0 spiro atoms. The minimum absolute atomic E-state index is 0.0643. The van der Waals surface area contributed by atoms with E-state index in [9.17, 15) is 9.59 Å². The van der Waals surface area contributed by atoms with Gasteiger partial charge in [0.25, 0.3) is 11.5 Å². The van der Waals surface area contributed by atoms with Crippen LogP contribution in [0.3, 0.4) is 0 Å². The summed E-state index contributed by atoms with van der Waals surface area (Å²) in [6.45, 7) is 5.12. The lowest BCUT2D eigenvalue weighted by Gasteiger charge is -2.09. The number of carbonyl (C=O) groups excluding carboxylic acids is 1. The van der Waals surface area contributed by atoms with Gasteiger partial charge in [-0.15, -0.1) is 0 Å². The van der Waals surface area contributed by atoms with Crippen molar-refractivity contribution in [2.75, 3.05) is 13.2 Å². The summed E-state index contributed by atoms with van der Waals surface area (Å²) in [4.78, 5) is 29.4. The second-order valence-corrected chi connectivity index (χ2v) is 7.66. The van der Waals surface area contributed by atoms with Gasteiger partial charge in [-0.25, -0.2) is 9.67 Å². The van der Waals surface area contributed by atoms with Gasteiger partial charge in [0, 0.05) is 6.54 Å². The maximum absolute atomic E-state index is 12.9. The van der Waals surface area contributed by atoms with Gasteiger partial charge < -0.3 is 10.1 Å². The quantitative estimate of drug-likeness (QED) is 0.463. The van der Waals surface area contributed by atoms with E-state index < -0.39 is 0 Å². The van der Waals surface area contributed by atoms with E-state index >= 15 is 0 Å². The van der Waals surface area contributed by atoms with Crippen LogP contribution < -0.4 is 15.6 Å². The first-order chi connectivity index (χ1) is 15.5. The van der Waals surface area contributed by atoms with Gasteiger partial charge in [0.2, 0.25) is 0 Å². The molecule has 0 atom stereocenters. The second kappa shape index (κ2) is 9.47. The highest BCUT2D eigenvalue weighted by atomic mass is 16.5. The van der Waals surface area contributed by atoms with Crippen molar-refractivity contribution >= 4 is 16.9 Å². The summed E-state index contributed by atoms with van der Waals surface area (Å²) < 4.78 is 8.71. The van der Waals surface area contributed by atoms with Crippen LogP contribution in [-0.4, -0.2) is 38.4 Å². The number of benzene rings is 2. The fraction of sp³-hybridized carbons (Fsp3) is 0.250. The van der Waals surface area contributed by atoms with Gasteiger partial charge in [-0.3, -0.25) is 14.2 Å². The van der Waals surface area contributed by atoms with Crippen molar-refractivity contribution in [3.63, 3.8) is 0 Å². The number of aromatic nitrogens is 4. The predicted octanol–water partition coefficient (Wildman–Crippen LogP) is 2.45. The molecule has 2 heterocycles. The normalized spacial score (nSPS) is 10.9. The topological polar surface area (TPSA) is 91.0 Å². The third-order valence-electron chi connectivity index (χ3n) is 5.23. The fourth-order valence-corrected chi connectivity index (χ4v) is 3.45. The lowest BCUT2D eigenvalue weighted by Crippen LogP contribution is -2.31. The number of hydrogen-bond acceptors (Lipinski definition) is 5. The maximum Gasteiger partial charge on any atom is 0.264 e. The molecule has 1 N–H and O–H groups in total. The van der Waals surface area contributed by atoms with E-state index in [1.807, 2.05) is 62.4 Å². The Bertz CT molecular complexity index is 1310. The standard InChI is InChI=1S/C24H25N5O3/c1-17-6-5-9-20(12-17)32-15-22(30)25-10-11-29-23-21(13-27-29)24(31)28(16-26-23)14-19-8-4-3-7-18(19)2/h3-9,12-13,16H,10-11,14-15H2,1-2H3,(H,25,30). The second-order valence-electron chi connectivity index (χ2n) is 7.66. The number of ether oxygens (including phenoxy) is 1. The molecule has 2 aromatic carbocycles.